The maximum atomic E-state index is 6.10. The van der Waals surface area contributed by atoms with Crippen LogP contribution in [0.3, 0.4) is 0 Å². The minimum absolute atomic E-state index is 0.335. The van der Waals surface area contributed by atoms with Gasteiger partial charge in [0.15, 0.2) is 0 Å². The van der Waals surface area contributed by atoms with Gasteiger partial charge < -0.3 is 0 Å². The summed E-state index contributed by atoms with van der Waals surface area (Å²) in [6.45, 7) is 7.18. The zero-order valence-corrected chi connectivity index (χ0v) is 16.9. The van der Waals surface area contributed by atoms with Crippen LogP contribution in [0.5, 0.6) is 0 Å². The fourth-order valence-electron chi connectivity index (χ4n) is 4.34. The lowest BCUT2D eigenvalue weighted by molar-refractivity contribution is 0.152. The highest BCUT2D eigenvalue weighted by Gasteiger charge is 2.59. The average Bonchev–Trinajstić information content (AvgIpc) is 3.17. The zero-order chi connectivity index (χ0) is 17.8. The van der Waals surface area contributed by atoms with Crippen molar-refractivity contribution >= 4 is 45.4 Å². The van der Waals surface area contributed by atoms with E-state index < -0.39 is 0 Å². The van der Waals surface area contributed by atoms with E-state index in [4.69, 9.17) is 28.3 Å². The summed E-state index contributed by atoms with van der Waals surface area (Å²) in [6.07, 6.45) is 3.64. The molecule has 2 aromatic rings. The Labute approximate surface area is 162 Å². The van der Waals surface area contributed by atoms with Crippen molar-refractivity contribution in [3.63, 3.8) is 0 Å². The van der Waals surface area contributed by atoms with Gasteiger partial charge in [0.2, 0.25) is 5.13 Å². The molecule has 2 aliphatic carbocycles. The van der Waals surface area contributed by atoms with Crippen LogP contribution in [0, 0.1) is 16.7 Å². The number of hydrogen-bond acceptors (Lipinski definition) is 4. The molecule has 0 spiro atoms. The van der Waals surface area contributed by atoms with Crippen LogP contribution in [-0.2, 0) is 0 Å². The van der Waals surface area contributed by atoms with E-state index in [0.29, 0.717) is 26.8 Å². The Balaban J connectivity index is 1.52. The second-order valence-corrected chi connectivity index (χ2v) is 9.60. The third kappa shape index (κ3) is 2.79. The smallest absolute Gasteiger partial charge is 0.203 e. The van der Waals surface area contributed by atoms with E-state index in [-0.39, 0.29) is 0 Å². The lowest BCUT2D eigenvalue weighted by Crippen LogP contribution is -2.26. The Bertz CT molecular complexity index is 855. The van der Waals surface area contributed by atoms with Gasteiger partial charge in [0.25, 0.3) is 0 Å². The van der Waals surface area contributed by atoms with Crippen molar-refractivity contribution in [2.24, 2.45) is 21.8 Å². The second-order valence-electron chi connectivity index (χ2n) is 7.93. The molecule has 0 radical (unpaired) electrons. The Morgan fingerprint density at radius 2 is 2.04 bits per heavy atom. The molecule has 1 aromatic heterocycles. The Hall–Kier alpha value is -1.10. The van der Waals surface area contributed by atoms with Crippen LogP contribution in [0.4, 0.5) is 5.13 Å². The number of nitrogens with zero attached hydrogens (tertiary/aromatic N) is 2. The minimum atomic E-state index is 0.335. The van der Waals surface area contributed by atoms with Crippen LogP contribution in [0.2, 0.25) is 10.0 Å². The van der Waals surface area contributed by atoms with E-state index in [2.05, 4.69) is 31.2 Å². The molecular weight excluding hydrogens is 373 g/mol. The van der Waals surface area contributed by atoms with Gasteiger partial charge in [-0.25, -0.2) is 4.98 Å². The quantitative estimate of drug-likeness (QED) is 0.586. The minimum Gasteiger partial charge on any atom is -0.253 e. The first-order chi connectivity index (χ1) is 11.8. The van der Waals surface area contributed by atoms with Gasteiger partial charge in [-0.3, -0.25) is 5.43 Å². The molecule has 2 saturated carbocycles. The topological polar surface area (TPSA) is 37.3 Å². The van der Waals surface area contributed by atoms with Crippen LogP contribution in [0.15, 0.2) is 28.7 Å². The first kappa shape index (κ1) is 17.3. The monoisotopic (exact) mass is 393 g/mol. The van der Waals surface area contributed by atoms with Crippen molar-refractivity contribution in [1.82, 2.24) is 4.98 Å². The highest BCUT2D eigenvalue weighted by atomic mass is 35.5. The standard InChI is InChI=1S/C19H21Cl2N3S/c1-18(2)12-6-7-19(18,3)9-15(12)23-24-17-22-16(10-25-17)11-4-5-13(20)14(21)8-11/h4-5,8,10,12H,6-7,9H2,1-3H3,(H,22,24)/b23-15-. The van der Waals surface area contributed by atoms with Crippen molar-refractivity contribution in [3.8, 4) is 11.3 Å². The predicted molar refractivity (Wildman–Crippen MR) is 108 cm³/mol. The van der Waals surface area contributed by atoms with E-state index in [1.807, 2.05) is 17.5 Å². The zero-order valence-electron chi connectivity index (χ0n) is 14.6. The summed E-state index contributed by atoms with van der Waals surface area (Å²) in [6, 6.07) is 5.57. The molecule has 0 saturated heterocycles. The van der Waals surface area contributed by atoms with Gasteiger partial charge in [-0.2, -0.15) is 5.10 Å². The lowest BCUT2D eigenvalue weighted by atomic mass is 9.71. The summed E-state index contributed by atoms with van der Waals surface area (Å²) in [7, 11) is 0. The molecular formula is C19H21Cl2N3S. The van der Waals surface area contributed by atoms with Crippen LogP contribution in [0.25, 0.3) is 11.3 Å². The molecule has 3 nitrogen and oxygen atoms in total. The van der Waals surface area contributed by atoms with Crippen molar-refractivity contribution < 1.29 is 0 Å². The van der Waals surface area contributed by atoms with Crippen LogP contribution in [0.1, 0.15) is 40.0 Å². The highest BCUT2D eigenvalue weighted by molar-refractivity contribution is 7.14. The highest BCUT2D eigenvalue weighted by Crippen LogP contribution is 2.64. The molecule has 1 aromatic carbocycles. The number of thiazole rings is 1. The number of nitrogens with one attached hydrogen (secondary N) is 1. The summed E-state index contributed by atoms with van der Waals surface area (Å²) in [5, 5.41) is 8.63. The van der Waals surface area contributed by atoms with Gasteiger partial charge in [0.05, 0.1) is 15.7 Å². The molecule has 0 amide bonds. The van der Waals surface area contributed by atoms with Crippen LogP contribution in [-0.4, -0.2) is 10.7 Å². The van der Waals surface area contributed by atoms with Gasteiger partial charge >= 0.3 is 0 Å². The number of hydrazone groups is 1. The van der Waals surface area contributed by atoms with Gasteiger partial charge in [0.1, 0.15) is 0 Å². The molecule has 2 atom stereocenters. The molecule has 0 aliphatic heterocycles. The molecule has 2 fully saturated rings. The maximum absolute atomic E-state index is 6.10. The number of anilines is 1. The number of hydrogen-bond donors (Lipinski definition) is 1. The fourth-order valence-corrected chi connectivity index (χ4v) is 5.30. The molecule has 1 heterocycles. The number of aromatic nitrogens is 1. The predicted octanol–water partition coefficient (Wildman–Crippen LogP) is 6.73. The van der Waals surface area contributed by atoms with Crippen molar-refractivity contribution in [3.05, 3.63) is 33.6 Å². The van der Waals surface area contributed by atoms with Gasteiger partial charge in [0, 0.05) is 22.6 Å². The summed E-state index contributed by atoms with van der Waals surface area (Å²) in [5.41, 5.74) is 7.03. The number of halogens is 2. The molecule has 2 unspecified atom stereocenters. The second kappa shape index (κ2) is 5.97. The Morgan fingerprint density at radius 3 is 2.68 bits per heavy atom. The summed E-state index contributed by atoms with van der Waals surface area (Å²) in [5.74, 6) is 0.583. The molecule has 1 N–H and O–H groups in total. The molecule has 6 heteroatoms. The SMILES string of the molecule is CC12CCC(/C(=N\Nc3nc(-c4ccc(Cl)c(Cl)c4)cs3)C1)C2(C)C. The van der Waals surface area contributed by atoms with E-state index in [1.165, 1.54) is 18.6 Å². The molecule has 25 heavy (non-hydrogen) atoms. The first-order valence-electron chi connectivity index (χ1n) is 8.54. The normalized spacial score (nSPS) is 28.7. The average molecular weight is 394 g/mol. The Kier molecular flexibility index (Phi) is 4.13. The molecule has 132 valence electrons. The van der Waals surface area contributed by atoms with E-state index >= 15 is 0 Å². The molecule has 2 aliphatic rings. The van der Waals surface area contributed by atoms with Crippen molar-refractivity contribution in [2.75, 3.05) is 5.43 Å². The number of rotatable bonds is 3. The molecule has 4 rings (SSSR count). The van der Waals surface area contributed by atoms with Crippen molar-refractivity contribution in [1.29, 1.82) is 0 Å². The van der Waals surface area contributed by atoms with Gasteiger partial charge in [-0.05, 0) is 42.2 Å². The van der Waals surface area contributed by atoms with E-state index in [1.54, 1.807) is 17.4 Å². The van der Waals surface area contributed by atoms with Crippen molar-refractivity contribution in [2.45, 2.75) is 40.0 Å². The van der Waals surface area contributed by atoms with Crippen LogP contribution < -0.4 is 5.43 Å². The first-order valence-corrected chi connectivity index (χ1v) is 10.2. The summed E-state index contributed by atoms with van der Waals surface area (Å²) < 4.78 is 0. The van der Waals surface area contributed by atoms with Crippen LogP contribution >= 0.6 is 34.5 Å². The largest absolute Gasteiger partial charge is 0.253 e. The third-order valence-electron chi connectivity index (χ3n) is 6.40. The maximum Gasteiger partial charge on any atom is 0.203 e. The summed E-state index contributed by atoms with van der Waals surface area (Å²) >= 11 is 13.6. The van der Waals surface area contributed by atoms with Gasteiger partial charge in [-0.1, -0.05) is 50.0 Å². The lowest BCUT2D eigenvalue weighted by Gasteiger charge is -2.33. The third-order valence-corrected chi connectivity index (χ3v) is 7.89. The number of benzene rings is 1. The Morgan fingerprint density at radius 1 is 1.24 bits per heavy atom. The number of fused-ring (bicyclic) bond motifs is 2. The van der Waals surface area contributed by atoms with Gasteiger partial charge in [-0.15, -0.1) is 11.3 Å². The van der Waals surface area contributed by atoms with E-state index in [9.17, 15) is 0 Å². The molecule has 2 bridgehead atoms. The summed E-state index contributed by atoms with van der Waals surface area (Å²) in [4.78, 5) is 4.63. The fraction of sp³-hybridized carbons (Fsp3) is 0.474. The van der Waals surface area contributed by atoms with E-state index in [0.717, 1.165) is 22.8 Å².